The first-order valence-corrected chi connectivity index (χ1v) is 5.55. The van der Waals surface area contributed by atoms with Gasteiger partial charge in [-0.2, -0.15) is 5.26 Å². The van der Waals surface area contributed by atoms with Crippen LogP contribution >= 0.6 is 27.3 Å². The van der Waals surface area contributed by atoms with Gasteiger partial charge in [-0.1, -0.05) is 0 Å². The molecular weight excluding hydrogens is 264 g/mol. The number of carbonyl (C=O) groups is 1. The van der Waals surface area contributed by atoms with Crippen LogP contribution in [0, 0.1) is 18.3 Å². The van der Waals surface area contributed by atoms with E-state index in [4.69, 9.17) is 5.26 Å². The molecule has 0 atom stereocenters. The summed E-state index contributed by atoms with van der Waals surface area (Å²) in [6.07, 6.45) is 0. The first-order chi connectivity index (χ1) is 6.56. The molecule has 1 aromatic rings. The number of amides is 1. The molecule has 0 aliphatic heterocycles. The highest BCUT2D eigenvalue weighted by Crippen LogP contribution is 2.27. The number of rotatable bonds is 2. The summed E-state index contributed by atoms with van der Waals surface area (Å²) in [4.78, 5) is 13.7. The molecule has 0 aliphatic carbocycles. The number of nitrogens with zero attached hydrogens (tertiary/aromatic N) is 2. The second kappa shape index (κ2) is 4.58. The van der Waals surface area contributed by atoms with Crippen molar-refractivity contribution in [3.8, 4) is 6.07 Å². The van der Waals surface area contributed by atoms with Gasteiger partial charge in [0.2, 0.25) is 0 Å². The fraction of sp³-hybridized carbons (Fsp3) is 0.333. The maximum atomic E-state index is 11.7. The molecule has 0 bridgehead atoms. The van der Waals surface area contributed by atoms with Crippen LogP contribution in [0.2, 0.25) is 0 Å². The lowest BCUT2D eigenvalue weighted by molar-refractivity contribution is 0.0816. The molecule has 0 aromatic carbocycles. The van der Waals surface area contributed by atoms with Crippen molar-refractivity contribution in [3.05, 3.63) is 20.3 Å². The number of aryl methyl sites for hydroxylation is 1. The fourth-order valence-electron chi connectivity index (χ4n) is 0.931. The first kappa shape index (κ1) is 11.2. The fourth-order valence-corrected chi connectivity index (χ4v) is 2.46. The minimum atomic E-state index is -0.106. The lowest BCUT2D eigenvalue weighted by atomic mass is 10.3. The van der Waals surface area contributed by atoms with Crippen LogP contribution in [0.1, 0.15) is 15.2 Å². The van der Waals surface area contributed by atoms with Gasteiger partial charge in [0.1, 0.15) is 6.54 Å². The van der Waals surface area contributed by atoms with Gasteiger partial charge in [0.15, 0.2) is 0 Å². The quantitative estimate of drug-likeness (QED) is 0.777. The summed E-state index contributed by atoms with van der Waals surface area (Å²) in [5.41, 5.74) is 1.05. The van der Waals surface area contributed by atoms with E-state index in [-0.39, 0.29) is 12.5 Å². The average molecular weight is 273 g/mol. The maximum absolute atomic E-state index is 11.7. The highest BCUT2D eigenvalue weighted by Gasteiger charge is 2.14. The molecule has 1 aromatic heterocycles. The first-order valence-electron chi connectivity index (χ1n) is 3.94. The summed E-state index contributed by atoms with van der Waals surface area (Å²) >= 11 is 4.75. The topological polar surface area (TPSA) is 44.1 Å². The van der Waals surface area contributed by atoms with Gasteiger partial charge in [0.05, 0.1) is 14.7 Å². The van der Waals surface area contributed by atoms with Crippen LogP contribution < -0.4 is 0 Å². The van der Waals surface area contributed by atoms with Crippen LogP contribution in [0.3, 0.4) is 0 Å². The SMILES string of the molecule is Cc1cc(C(=O)N(C)CC#N)sc1Br. The Balaban J connectivity index is 2.85. The van der Waals surface area contributed by atoms with Gasteiger partial charge < -0.3 is 4.90 Å². The van der Waals surface area contributed by atoms with E-state index in [2.05, 4.69) is 15.9 Å². The average Bonchev–Trinajstić information content (AvgIpc) is 2.46. The number of hydrogen-bond donors (Lipinski definition) is 0. The molecule has 1 rings (SSSR count). The highest BCUT2D eigenvalue weighted by molar-refractivity contribution is 9.11. The molecule has 0 N–H and O–H groups in total. The van der Waals surface area contributed by atoms with Crippen LogP contribution in [0.25, 0.3) is 0 Å². The monoisotopic (exact) mass is 272 g/mol. The van der Waals surface area contributed by atoms with Crippen molar-refractivity contribution >= 4 is 33.2 Å². The Labute approximate surface area is 95.1 Å². The molecule has 0 unspecified atom stereocenters. The third-order valence-corrected chi connectivity index (χ3v) is 3.85. The van der Waals surface area contributed by atoms with Crippen molar-refractivity contribution in [2.45, 2.75) is 6.92 Å². The van der Waals surface area contributed by atoms with E-state index < -0.39 is 0 Å². The standard InChI is InChI=1S/C9H9BrN2OS/c1-6-5-7(14-8(6)10)9(13)12(2)4-3-11/h5H,4H2,1-2H3. The van der Waals surface area contributed by atoms with E-state index in [1.54, 1.807) is 7.05 Å². The Morgan fingerprint density at radius 1 is 1.79 bits per heavy atom. The zero-order valence-corrected chi connectivity index (χ0v) is 10.3. The van der Waals surface area contributed by atoms with Gasteiger partial charge in [0.25, 0.3) is 5.91 Å². The Kier molecular flexibility index (Phi) is 3.67. The summed E-state index contributed by atoms with van der Waals surface area (Å²) in [7, 11) is 1.62. The smallest absolute Gasteiger partial charge is 0.264 e. The Bertz CT molecular complexity index is 375. The number of carbonyl (C=O) groups excluding carboxylic acids is 1. The number of nitriles is 1. The molecule has 0 radical (unpaired) electrons. The Hall–Kier alpha value is -0.860. The summed E-state index contributed by atoms with van der Waals surface area (Å²) in [6.45, 7) is 2.05. The normalized spacial score (nSPS) is 9.57. The van der Waals surface area contributed by atoms with E-state index in [9.17, 15) is 4.79 Å². The molecule has 14 heavy (non-hydrogen) atoms. The minimum Gasteiger partial charge on any atom is -0.328 e. The zero-order chi connectivity index (χ0) is 10.7. The lowest BCUT2D eigenvalue weighted by Gasteiger charge is -2.10. The molecule has 0 spiro atoms. The third kappa shape index (κ3) is 2.34. The van der Waals surface area contributed by atoms with Crippen molar-refractivity contribution in [2.24, 2.45) is 0 Å². The lowest BCUT2D eigenvalue weighted by Crippen LogP contribution is -2.26. The molecule has 0 fully saturated rings. The van der Waals surface area contributed by atoms with Crippen molar-refractivity contribution in [1.82, 2.24) is 4.90 Å². The van der Waals surface area contributed by atoms with Gasteiger partial charge in [-0.3, -0.25) is 4.79 Å². The van der Waals surface area contributed by atoms with Crippen LogP contribution in [-0.2, 0) is 0 Å². The van der Waals surface area contributed by atoms with E-state index in [0.717, 1.165) is 9.35 Å². The van der Waals surface area contributed by atoms with Gasteiger partial charge in [0, 0.05) is 7.05 Å². The van der Waals surface area contributed by atoms with E-state index >= 15 is 0 Å². The largest absolute Gasteiger partial charge is 0.328 e. The van der Waals surface area contributed by atoms with Crippen molar-refractivity contribution in [3.63, 3.8) is 0 Å². The molecule has 74 valence electrons. The predicted octanol–water partition coefficient (Wildman–Crippen LogP) is 2.41. The second-order valence-corrected chi connectivity index (χ2v) is 5.26. The van der Waals surface area contributed by atoms with Crippen LogP contribution in [0.5, 0.6) is 0 Å². The molecule has 0 saturated carbocycles. The number of hydrogen-bond acceptors (Lipinski definition) is 3. The molecular formula is C9H9BrN2OS. The molecule has 3 nitrogen and oxygen atoms in total. The van der Waals surface area contributed by atoms with E-state index in [1.807, 2.05) is 19.1 Å². The Morgan fingerprint density at radius 3 is 2.86 bits per heavy atom. The van der Waals surface area contributed by atoms with Crippen molar-refractivity contribution in [2.75, 3.05) is 13.6 Å². The number of thiophene rings is 1. The molecule has 0 aliphatic rings. The second-order valence-electron chi connectivity index (χ2n) is 2.89. The zero-order valence-electron chi connectivity index (χ0n) is 7.87. The van der Waals surface area contributed by atoms with Crippen LogP contribution in [0.15, 0.2) is 9.85 Å². The molecule has 0 saturated heterocycles. The van der Waals surface area contributed by atoms with E-state index in [1.165, 1.54) is 16.2 Å². The summed E-state index contributed by atoms with van der Waals surface area (Å²) in [5.74, 6) is -0.106. The van der Waals surface area contributed by atoms with Gasteiger partial charge in [-0.15, -0.1) is 11.3 Å². The molecule has 1 heterocycles. The van der Waals surface area contributed by atoms with Gasteiger partial charge in [-0.25, -0.2) is 0 Å². The number of halogens is 1. The Morgan fingerprint density at radius 2 is 2.43 bits per heavy atom. The summed E-state index contributed by atoms with van der Waals surface area (Å²) in [6, 6.07) is 3.76. The maximum Gasteiger partial charge on any atom is 0.264 e. The highest BCUT2D eigenvalue weighted by atomic mass is 79.9. The predicted molar refractivity (Wildman–Crippen MR) is 59.3 cm³/mol. The third-order valence-electron chi connectivity index (χ3n) is 1.72. The molecule has 1 amide bonds. The van der Waals surface area contributed by atoms with Gasteiger partial charge in [-0.05, 0) is 34.5 Å². The van der Waals surface area contributed by atoms with Crippen molar-refractivity contribution < 1.29 is 4.79 Å². The summed E-state index contributed by atoms with van der Waals surface area (Å²) in [5, 5.41) is 8.44. The molecule has 5 heteroatoms. The minimum absolute atomic E-state index is 0.106. The van der Waals surface area contributed by atoms with Crippen LogP contribution in [0.4, 0.5) is 0 Å². The van der Waals surface area contributed by atoms with Gasteiger partial charge >= 0.3 is 0 Å². The van der Waals surface area contributed by atoms with Crippen LogP contribution in [-0.4, -0.2) is 24.4 Å². The summed E-state index contributed by atoms with van der Waals surface area (Å²) < 4.78 is 0.964. The van der Waals surface area contributed by atoms with E-state index in [0.29, 0.717) is 4.88 Å². The van der Waals surface area contributed by atoms with Crippen molar-refractivity contribution in [1.29, 1.82) is 5.26 Å².